The number of thioether (sulfide) groups is 1. The average molecular weight is 451 g/mol. The summed E-state index contributed by atoms with van der Waals surface area (Å²) in [5.74, 6) is -0.307. The van der Waals surface area contributed by atoms with Crippen LogP contribution in [0.2, 0.25) is 10.0 Å². The minimum absolute atomic E-state index is 0.278. The minimum Gasteiger partial charge on any atom is -0.324 e. The van der Waals surface area contributed by atoms with Gasteiger partial charge in [-0.05, 0) is 37.3 Å². The van der Waals surface area contributed by atoms with E-state index in [1.807, 2.05) is 0 Å². The minimum atomic E-state index is -0.522. The molecule has 1 atom stereocenters. The van der Waals surface area contributed by atoms with Crippen LogP contribution in [0.1, 0.15) is 6.92 Å². The van der Waals surface area contributed by atoms with Gasteiger partial charge in [-0.1, -0.05) is 53.2 Å². The average Bonchev–Trinajstić information content (AvgIpc) is 3.07. The maximum Gasteiger partial charge on any atom is 0.237 e. The summed E-state index contributed by atoms with van der Waals surface area (Å²) in [5.41, 5.74) is 0.757. The lowest BCUT2D eigenvalue weighted by atomic mass is 10.2. The van der Waals surface area contributed by atoms with Gasteiger partial charge in [0.05, 0.1) is 21.5 Å². The second-order valence-corrected chi connectivity index (χ2v) is 8.21. The fourth-order valence-corrected chi connectivity index (χ4v) is 3.75. The molecule has 0 radical (unpaired) electrons. The van der Waals surface area contributed by atoms with Crippen LogP contribution in [0.4, 0.5) is 10.1 Å². The van der Waals surface area contributed by atoms with Crippen LogP contribution in [0.5, 0.6) is 0 Å². The third-order valence-corrected chi connectivity index (χ3v) is 5.63. The highest BCUT2D eigenvalue weighted by Crippen LogP contribution is 2.30. The lowest BCUT2D eigenvalue weighted by Crippen LogP contribution is -2.23. The molecule has 0 fully saturated rings. The van der Waals surface area contributed by atoms with Crippen molar-refractivity contribution in [3.05, 3.63) is 71.0 Å². The summed E-state index contributed by atoms with van der Waals surface area (Å²) in [6.07, 6.45) is 1.66. The molecule has 0 bridgehead atoms. The van der Waals surface area contributed by atoms with Gasteiger partial charge in [0.15, 0.2) is 11.0 Å². The first-order chi connectivity index (χ1) is 13.9. The largest absolute Gasteiger partial charge is 0.324 e. The van der Waals surface area contributed by atoms with Crippen molar-refractivity contribution in [1.29, 1.82) is 0 Å². The molecular weight excluding hydrogens is 434 g/mol. The molecule has 0 saturated heterocycles. The van der Waals surface area contributed by atoms with Crippen molar-refractivity contribution in [2.45, 2.75) is 23.9 Å². The number of benzene rings is 2. The molecule has 150 valence electrons. The predicted molar refractivity (Wildman–Crippen MR) is 116 cm³/mol. The van der Waals surface area contributed by atoms with E-state index in [1.54, 1.807) is 54.0 Å². The Hall–Kier alpha value is -2.35. The second-order valence-electron chi connectivity index (χ2n) is 6.06. The van der Waals surface area contributed by atoms with Gasteiger partial charge in [-0.2, -0.15) is 0 Å². The molecule has 0 aliphatic rings. The van der Waals surface area contributed by atoms with Crippen molar-refractivity contribution in [1.82, 2.24) is 14.8 Å². The number of allylic oxidation sites excluding steroid dienone is 1. The fraction of sp³-hybridized carbons (Fsp3) is 0.150. The Labute approximate surface area is 181 Å². The number of carbonyl (C=O) groups excluding carboxylic acids is 1. The quantitative estimate of drug-likeness (QED) is 0.370. The van der Waals surface area contributed by atoms with E-state index in [1.165, 1.54) is 17.8 Å². The first-order valence-electron chi connectivity index (χ1n) is 8.62. The highest BCUT2D eigenvalue weighted by Gasteiger charge is 2.22. The van der Waals surface area contributed by atoms with Gasteiger partial charge >= 0.3 is 0 Å². The van der Waals surface area contributed by atoms with E-state index in [-0.39, 0.29) is 5.91 Å². The van der Waals surface area contributed by atoms with Gasteiger partial charge < -0.3 is 5.32 Å². The molecule has 0 spiro atoms. The summed E-state index contributed by atoms with van der Waals surface area (Å²) in [5, 5.41) is 11.8. The number of amides is 1. The van der Waals surface area contributed by atoms with Crippen LogP contribution in [0.3, 0.4) is 0 Å². The number of aromatic nitrogens is 3. The van der Waals surface area contributed by atoms with Crippen LogP contribution in [0.25, 0.3) is 11.4 Å². The smallest absolute Gasteiger partial charge is 0.237 e. The van der Waals surface area contributed by atoms with Crippen molar-refractivity contribution < 1.29 is 9.18 Å². The Morgan fingerprint density at radius 2 is 2.07 bits per heavy atom. The zero-order valence-electron chi connectivity index (χ0n) is 15.4. The van der Waals surface area contributed by atoms with Crippen molar-refractivity contribution in [3.63, 3.8) is 0 Å². The van der Waals surface area contributed by atoms with Crippen LogP contribution < -0.4 is 5.32 Å². The van der Waals surface area contributed by atoms with Gasteiger partial charge in [0.1, 0.15) is 5.82 Å². The van der Waals surface area contributed by atoms with E-state index in [2.05, 4.69) is 22.1 Å². The molecule has 1 unspecified atom stereocenters. The normalized spacial score (nSPS) is 11.9. The Balaban J connectivity index is 1.82. The fourth-order valence-electron chi connectivity index (χ4n) is 2.55. The number of anilines is 1. The first-order valence-corrected chi connectivity index (χ1v) is 10.3. The monoisotopic (exact) mass is 450 g/mol. The molecule has 1 amide bonds. The standard InChI is InChI=1S/C20H17Cl2FN4OS/c1-3-10-27-18(14-6-4-5-7-16(14)23)25-26-20(27)29-12(2)19(28)24-17-11-13(21)8-9-15(17)22/h3-9,11-12H,1,10H2,2H3,(H,24,28). The molecule has 1 N–H and O–H groups in total. The topological polar surface area (TPSA) is 59.8 Å². The Bertz CT molecular complexity index is 1060. The molecule has 1 aromatic heterocycles. The zero-order valence-corrected chi connectivity index (χ0v) is 17.7. The number of hydrogen-bond donors (Lipinski definition) is 1. The second kappa shape index (κ2) is 9.43. The Morgan fingerprint density at radius 3 is 2.79 bits per heavy atom. The van der Waals surface area contributed by atoms with Crippen LogP contribution in [-0.2, 0) is 11.3 Å². The van der Waals surface area contributed by atoms with Gasteiger partial charge in [0.2, 0.25) is 5.91 Å². The molecule has 2 aromatic carbocycles. The maximum absolute atomic E-state index is 14.2. The molecule has 3 rings (SSSR count). The molecule has 5 nitrogen and oxygen atoms in total. The molecule has 9 heteroatoms. The van der Waals surface area contributed by atoms with E-state index in [4.69, 9.17) is 23.2 Å². The van der Waals surface area contributed by atoms with Crippen molar-refractivity contribution >= 4 is 46.6 Å². The van der Waals surface area contributed by atoms with E-state index in [9.17, 15) is 9.18 Å². The first kappa shape index (κ1) is 21.4. The molecule has 0 aliphatic heterocycles. The number of rotatable bonds is 7. The molecular formula is C20H17Cl2FN4OS. The highest BCUT2D eigenvalue weighted by atomic mass is 35.5. The third kappa shape index (κ3) is 4.98. The van der Waals surface area contributed by atoms with E-state index in [0.717, 1.165) is 0 Å². The Kier molecular flexibility index (Phi) is 6.95. The Morgan fingerprint density at radius 1 is 1.31 bits per heavy atom. The van der Waals surface area contributed by atoms with E-state index < -0.39 is 11.1 Å². The van der Waals surface area contributed by atoms with Crippen LogP contribution in [0, 0.1) is 5.82 Å². The zero-order chi connectivity index (χ0) is 21.0. The van der Waals surface area contributed by atoms with Gasteiger partial charge in [0.25, 0.3) is 0 Å². The summed E-state index contributed by atoms with van der Waals surface area (Å²) in [4.78, 5) is 12.6. The highest BCUT2D eigenvalue weighted by molar-refractivity contribution is 8.00. The summed E-state index contributed by atoms with van der Waals surface area (Å²) < 4.78 is 15.9. The lowest BCUT2D eigenvalue weighted by Gasteiger charge is -2.14. The van der Waals surface area contributed by atoms with E-state index >= 15 is 0 Å². The number of halogens is 3. The van der Waals surface area contributed by atoms with Crippen molar-refractivity contribution in [2.75, 3.05) is 5.32 Å². The summed E-state index contributed by atoms with van der Waals surface area (Å²) in [6, 6.07) is 11.2. The van der Waals surface area contributed by atoms with Gasteiger partial charge in [0, 0.05) is 11.6 Å². The molecule has 1 heterocycles. The van der Waals surface area contributed by atoms with Crippen LogP contribution >= 0.6 is 35.0 Å². The molecule has 3 aromatic rings. The number of nitrogens with one attached hydrogen (secondary N) is 1. The van der Waals surface area contributed by atoms with Crippen LogP contribution in [-0.4, -0.2) is 25.9 Å². The summed E-state index contributed by atoms with van der Waals surface area (Å²) in [6.45, 7) is 5.83. The van der Waals surface area contributed by atoms with E-state index in [0.29, 0.717) is 38.8 Å². The number of carbonyl (C=O) groups is 1. The van der Waals surface area contributed by atoms with Gasteiger partial charge in [-0.3, -0.25) is 9.36 Å². The van der Waals surface area contributed by atoms with Crippen LogP contribution in [0.15, 0.2) is 60.3 Å². The van der Waals surface area contributed by atoms with Crippen molar-refractivity contribution in [2.24, 2.45) is 0 Å². The van der Waals surface area contributed by atoms with Gasteiger partial charge in [-0.25, -0.2) is 4.39 Å². The molecule has 0 aliphatic carbocycles. The number of hydrogen-bond acceptors (Lipinski definition) is 4. The lowest BCUT2D eigenvalue weighted by molar-refractivity contribution is -0.115. The van der Waals surface area contributed by atoms with Crippen molar-refractivity contribution in [3.8, 4) is 11.4 Å². The van der Waals surface area contributed by atoms with Gasteiger partial charge in [-0.15, -0.1) is 16.8 Å². The SMILES string of the molecule is C=CCn1c(SC(C)C(=O)Nc2cc(Cl)ccc2Cl)nnc1-c1ccccc1F. The molecule has 0 saturated carbocycles. The third-order valence-electron chi connectivity index (χ3n) is 3.98. The summed E-state index contributed by atoms with van der Waals surface area (Å²) in [7, 11) is 0. The summed E-state index contributed by atoms with van der Waals surface area (Å²) >= 11 is 13.3. The predicted octanol–water partition coefficient (Wildman–Crippen LogP) is 5.70. The number of nitrogens with zero attached hydrogens (tertiary/aromatic N) is 3. The maximum atomic E-state index is 14.2. The molecule has 29 heavy (non-hydrogen) atoms.